The minimum atomic E-state index is -0.547. The topological polar surface area (TPSA) is 82.8 Å². The predicted molar refractivity (Wildman–Crippen MR) is 140 cm³/mol. The Kier molecular flexibility index (Phi) is 8.72. The summed E-state index contributed by atoms with van der Waals surface area (Å²) in [5, 5.41) is 4.56. The number of Topliss-reactive ketones (excluding diaryl/α,β-unsaturated/α-hetero) is 1. The number of ether oxygens (including phenoxy) is 2. The van der Waals surface area contributed by atoms with Gasteiger partial charge in [0, 0.05) is 18.7 Å². The van der Waals surface area contributed by atoms with E-state index in [2.05, 4.69) is 17.0 Å². The Hall–Kier alpha value is -3.29. The minimum absolute atomic E-state index is 0.0358. The highest BCUT2D eigenvalue weighted by molar-refractivity contribution is 6.03. The molecule has 3 rings (SSSR count). The van der Waals surface area contributed by atoms with Gasteiger partial charge in [-0.05, 0) is 76.6 Å². The van der Waals surface area contributed by atoms with E-state index in [1.165, 1.54) is 18.3 Å². The number of ketones is 1. The fourth-order valence-corrected chi connectivity index (χ4v) is 4.65. The van der Waals surface area contributed by atoms with Gasteiger partial charge in [-0.15, -0.1) is 0 Å². The molecule has 0 amide bonds. The van der Waals surface area contributed by atoms with Crippen molar-refractivity contribution >= 4 is 17.3 Å². The molecule has 1 unspecified atom stereocenters. The number of esters is 1. The van der Waals surface area contributed by atoms with E-state index in [0.29, 0.717) is 29.1 Å². The minimum Gasteiger partial charge on any atom is -0.471 e. The molecule has 0 spiro atoms. The van der Waals surface area contributed by atoms with Crippen LogP contribution in [0.4, 0.5) is 4.39 Å². The van der Waals surface area contributed by atoms with Gasteiger partial charge in [-0.2, -0.15) is 5.10 Å². The molecule has 3 heterocycles. The molecule has 0 radical (unpaired) electrons. The Bertz CT molecular complexity index is 1280. The van der Waals surface area contributed by atoms with Crippen LogP contribution in [0.2, 0.25) is 0 Å². The van der Waals surface area contributed by atoms with Gasteiger partial charge in [0.25, 0.3) is 0 Å². The van der Waals surface area contributed by atoms with Crippen LogP contribution in [0, 0.1) is 25.1 Å². The molecule has 0 fully saturated rings. The number of rotatable bonds is 11. The number of carbonyl (C=O) groups is 2. The summed E-state index contributed by atoms with van der Waals surface area (Å²) >= 11 is 0. The monoisotopic (exact) mass is 511 g/mol. The van der Waals surface area contributed by atoms with Crippen molar-refractivity contribution < 1.29 is 23.5 Å². The van der Waals surface area contributed by atoms with Crippen LogP contribution in [0.25, 0.3) is 5.52 Å². The van der Waals surface area contributed by atoms with E-state index in [1.54, 1.807) is 17.5 Å². The standard InChI is InChI=1S/C29H38FN3O4/c1-8-12-29(7,17-26(35)37-28(4,5)6)13-11-24(34)27-20(3)32-33-23(27)15-19(2)16-25(33)36-18-22-21(30)10-9-14-31-22/h9-10,14-16H,8,11-13,17-18H2,1-7H3. The smallest absolute Gasteiger partial charge is 0.306 e. The number of hydrogen-bond donors (Lipinski definition) is 0. The van der Waals surface area contributed by atoms with Gasteiger partial charge in [0.2, 0.25) is 5.88 Å². The van der Waals surface area contributed by atoms with Gasteiger partial charge in [-0.25, -0.2) is 8.91 Å². The first-order valence-electron chi connectivity index (χ1n) is 12.8. The maximum atomic E-state index is 14.0. The van der Waals surface area contributed by atoms with Gasteiger partial charge in [0.05, 0.1) is 23.2 Å². The van der Waals surface area contributed by atoms with Crippen molar-refractivity contribution in [2.24, 2.45) is 5.41 Å². The van der Waals surface area contributed by atoms with E-state index in [9.17, 15) is 14.0 Å². The molecule has 37 heavy (non-hydrogen) atoms. The van der Waals surface area contributed by atoms with Gasteiger partial charge in [0.1, 0.15) is 23.7 Å². The van der Waals surface area contributed by atoms with Gasteiger partial charge in [0.15, 0.2) is 5.78 Å². The molecule has 0 aliphatic rings. The van der Waals surface area contributed by atoms with E-state index in [-0.39, 0.29) is 42.3 Å². The summed E-state index contributed by atoms with van der Waals surface area (Å²) in [6.45, 7) is 13.3. The lowest BCUT2D eigenvalue weighted by Gasteiger charge is -2.30. The van der Waals surface area contributed by atoms with Crippen molar-refractivity contribution in [1.29, 1.82) is 0 Å². The Labute approximate surface area is 218 Å². The average Bonchev–Trinajstić information content (AvgIpc) is 3.11. The molecule has 0 aliphatic carbocycles. The quantitative estimate of drug-likeness (QED) is 0.214. The Morgan fingerprint density at radius 3 is 2.49 bits per heavy atom. The van der Waals surface area contributed by atoms with Crippen LogP contribution < -0.4 is 4.74 Å². The van der Waals surface area contributed by atoms with Crippen LogP contribution in [0.3, 0.4) is 0 Å². The third-order valence-electron chi connectivity index (χ3n) is 6.29. The van der Waals surface area contributed by atoms with Crippen molar-refractivity contribution in [3.8, 4) is 5.88 Å². The molecule has 0 saturated carbocycles. The Balaban J connectivity index is 1.81. The molecule has 0 aromatic carbocycles. The number of fused-ring (bicyclic) bond motifs is 1. The summed E-state index contributed by atoms with van der Waals surface area (Å²) in [5.74, 6) is -0.320. The zero-order valence-electron chi connectivity index (χ0n) is 23.0. The lowest BCUT2D eigenvalue weighted by atomic mass is 9.77. The van der Waals surface area contributed by atoms with Gasteiger partial charge in [-0.1, -0.05) is 20.3 Å². The van der Waals surface area contributed by atoms with Crippen molar-refractivity contribution in [3.63, 3.8) is 0 Å². The molecule has 200 valence electrons. The number of hydrogen-bond acceptors (Lipinski definition) is 6. The summed E-state index contributed by atoms with van der Waals surface area (Å²) in [4.78, 5) is 30.1. The largest absolute Gasteiger partial charge is 0.471 e. The van der Waals surface area contributed by atoms with E-state index in [1.807, 2.05) is 40.7 Å². The molecule has 1 atom stereocenters. The second-order valence-corrected chi connectivity index (χ2v) is 11.1. The Morgan fingerprint density at radius 2 is 1.84 bits per heavy atom. The van der Waals surface area contributed by atoms with Crippen molar-refractivity contribution in [2.75, 3.05) is 0 Å². The fourth-order valence-electron chi connectivity index (χ4n) is 4.65. The van der Waals surface area contributed by atoms with Gasteiger partial charge >= 0.3 is 5.97 Å². The summed E-state index contributed by atoms with van der Waals surface area (Å²) in [6, 6.07) is 6.56. The third-order valence-corrected chi connectivity index (χ3v) is 6.29. The highest BCUT2D eigenvalue weighted by atomic mass is 19.1. The normalized spacial score (nSPS) is 13.4. The SMILES string of the molecule is CCCC(C)(CCC(=O)c1c(C)nn2c(OCc3ncccc3F)cc(C)cc12)CC(=O)OC(C)(C)C. The van der Waals surface area contributed by atoms with Gasteiger partial charge < -0.3 is 9.47 Å². The van der Waals surface area contributed by atoms with E-state index >= 15 is 0 Å². The first kappa shape index (κ1) is 28.3. The molecule has 0 saturated heterocycles. The number of aromatic nitrogens is 3. The highest BCUT2D eigenvalue weighted by Gasteiger charge is 2.31. The second-order valence-electron chi connectivity index (χ2n) is 11.1. The number of pyridine rings is 2. The van der Waals surface area contributed by atoms with E-state index in [0.717, 1.165) is 18.4 Å². The number of aryl methyl sites for hydroxylation is 2. The summed E-state index contributed by atoms with van der Waals surface area (Å²) < 4.78 is 27.0. The van der Waals surface area contributed by atoms with Crippen molar-refractivity contribution in [1.82, 2.24) is 14.6 Å². The first-order chi connectivity index (χ1) is 17.3. The van der Waals surface area contributed by atoms with Crippen LogP contribution in [0.5, 0.6) is 5.88 Å². The molecule has 3 aromatic heterocycles. The van der Waals surface area contributed by atoms with Crippen molar-refractivity contribution in [2.45, 2.75) is 92.8 Å². The molecule has 0 bridgehead atoms. The molecule has 8 heteroatoms. The van der Waals surface area contributed by atoms with Crippen LogP contribution in [-0.4, -0.2) is 32.0 Å². The first-order valence-corrected chi connectivity index (χ1v) is 12.8. The van der Waals surface area contributed by atoms with Gasteiger partial charge in [-0.3, -0.25) is 14.6 Å². The van der Waals surface area contributed by atoms with E-state index in [4.69, 9.17) is 9.47 Å². The fraction of sp³-hybridized carbons (Fsp3) is 0.517. The molecule has 3 aromatic rings. The van der Waals surface area contributed by atoms with Crippen LogP contribution in [0.15, 0.2) is 30.5 Å². The maximum absolute atomic E-state index is 14.0. The van der Waals surface area contributed by atoms with Crippen LogP contribution in [-0.2, 0) is 16.1 Å². The third kappa shape index (κ3) is 7.37. The number of carbonyl (C=O) groups excluding carboxylic acids is 2. The molecular formula is C29H38FN3O4. The lowest BCUT2D eigenvalue weighted by molar-refractivity contribution is -0.157. The number of halogens is 1. The second kappa shape index (κ2) is 11.4. The van der Waals surface area contributed by atoms with Crippen LogP contribution >= 0.6 is 0 Å². The number of nitrogens with zero attached hydrogens (tertiary/aromatic N) is 3. The van der Waals surface area contributed by atoms with Crippen LogP contribution in [0.1, 0.15) is 94.0 Å². The van der Waals surface area contributed by atoms with E-state index < -0.39 is 11.4 Å². The highest BCUT2D eigenvalue weighted by Crippen LogP contribution is 2.35. The molecule has 0 N–H and O–H groups in total. The summed E-state index contributed by atoms with van der Waals surface area (Å²) in [6.07, 6.45) is 4.33. The lowest BCUT2D eigenvalue weighted by Crippen LogP contribution is -2.29. The molecule has 7 nitrogen and oxygen atoms in total. The van der Waals surface area contributed by atoms with Crippen molar-refractivity contribution in [3.05, 3.63) is 58.8 Å². The zero-order valence-corrected chi connectivity index (χ0v) is 23.0. The Morgan fingerprint density at radius 1 is 1.11 bits per heavy atom. The zero-order chi connectivity index (χ0) is 27.4. The summed E-state index contributed by atoms with van der Waals surface area (Å²) in [5.41, 5.74) is 1.96. The maximum Gasteiger partial charge on any atom is 0.306 e. The molecule has 0 aliphatic heterocycles. The average molecular weight is 512 g/mol. The molecular weight excluding hydrogens is 473 g/mol. The summed E-state index contributed by atoms with van der Waals surface area (Å²) in [7, 11) is 0. The predicted octanol–water partition coefficient (Wildman–Crippen LogP) is 6.57.